The average Bonchev–Trinajstić information content (AvgIpc) is 3.58. The first-order valence-electron chi connectivity index (χ1n) is 12.0. The third-order valence-corrected chi connectivity index (χ3v) is 6.83. The number of nitrogens with zero attached hydrogens (tertiary/aromatic N) is 3. The number of anilines is 3. The van der Waals surface area contributed by atoms with Gasteiger partial charge in [0.25, 0.3) is 0 Å². The van der Waals surface area contributed by atoms with Crippen molar-refractivity contribution in [3.63, 3.8) is 0 Å². The molecule has 2 aromatic carbocycles. The first kappa shape index (κ1) is 23.6. The first-order valence-corrected chi connectivity index (χ1v) is 12.0. The predicted octanol–water partition coefficient (Wildman–Crippen LogP) is 4.13. The van der Waals surface area contributed by atoms with E-state index in [1.807, 2.05) is 18.2 Å². The molecule has 5 rings (SSSR count). The van der Waals surface area contributed by atoms with Crippen molar-refractivity contribution in [2.24, 2.45) is 5.92 Å². The summed E-state index contributed by atoms with van der Waals surface area (Å²) in [5.41, 5.74) is 3.70. The van der Waals surface area contributed by atoms with Gasteiger partial charge in [-0.15, -0.1) is 0 Å². The van der Waals surface area contributed by atoms with E-state index in [4.69, 9.17) is 24.5 Å². The van der Waals surface area contributed by atoms with Gasteiger partial charge < -0.3 is 24.8 Å². The van der Waals surface area contributed by atoms with E-state index in [1.54, 1.807) is 26.4 Å². The van der Waals surface area contributed by atoms with E-state index in [1.165, 1.54) is 12.1 Å². The van der Waals surface area contributed by atoms with Crippen LogP contribution in [-0.4, -0.2) is 54.1 Å². The van der Waals surface area contributed by atoms with Crippen LogP contribution in [0.2, 0.25) is 0 Å². The summed E-state index contributed by atoms with van der Waals surface area (Å²) in [5.74, 6) is 1.49. The largest absolute Gasteiger partial charge is 0.493 e. The molecule has 186 valence electrons. The number of carboxylic acid groups (broad SMARTS) is 1. The van der Waals surface area contributed by atoms with Gasteiger partial charge in [-0.2, -0.15) is 4.98 Å². The maximum atomic E-state index is 13.1. The molecule has 0 spiro atoms. The van der Waals surface area contributed by atoms with Crippen molar-refractivity contribution in [1.82, 2.24) is 9.97 Å². The third kappa shape index (κ3) is 4.56. The molecule has 2 N–H and O–H groups in total. The van der Waals surface area contributed by atoms with Gasteiger partial charge in [0.1, 0.15) is 5.82 Å². The molecule has 3 aromatic rings. The molecule has 36 heavy (non-hydrogen) atoms. The van der Waals surface area contributed by atoms with E-state index in [2.05, 4.69) is 10.2 Å². The van der Waals surface area contributed by atoms with Crippen molar-refractivity contribution in [2.75, 3.05) is 37.5 Å². The molecule has 1 fully saturated rings. The normalized spacial score (nSPS) is 16.5. The number of benzene rings is 2. The van der Waals surface area contributed by atoms with Crippen LogP contribution in [0.1, 0.15) is 44.8 Å². The second kappa shape index (κ2) is 9.85. The summed E-state index contributed by atoms with van der Waals surface area (Å²) in [4.78, 5) is 35.9. The molecule has 0 saturated carbocycles. The van der Waals surface area contributed by atoms with Crippen molar-refractivity contribution in [2.45, 2.75) is 25.7 Å². The maximum Gasteiger partial charge on any atom is 0.335 e. The van der Waals surface area contributed by atoms with Gasteiger partial charge in [0.15, 0.2) is 17.3 Å². The van der Waals surface area contributed by atoms with Crippen LogP contribution in [0.4, 0.5) is 17.5 Å². The molecule has 0 radical (unpaired) electrons. The molecule has 1 saturated heterocycles. The Kier molecular flexibility index (Phi) is 6.45. The minimum atomic E-state index is -1.01. The maximum absolute atomic E-state index is 13.1. The third-order valence-electron chi connectivity index (χ3n) is 6.83. The number of ketones is 1. The molecule has 1 aliphatic heterocycles. The molecule has 1 atom stereocenters. The molecule has 2 heterocycles. The first-order chi connectivity index (χ1) is 17.5. The van der Waals surface area contributed by atoms with E-state index in [9.17, 15) is 9.59 Å². The topological polar surface area (TPSA) is 114 Å². The minimum absolute atomic E-state index is 0.0132. The van der Waals surface area contributed by atoms with Crippen LogP contribution < -0.4 is 19.7 Å². The number of rotatable bonds is 8. The highest BCUT2D eigenvalue weighted by atomic mass is 16.5. The van der Waals surface area contributed by atoms with Crippen LogP contribution in [0, 0.1) is 5.92 Å². The molecular formula is C27H28N4O5. The number of carbonyl (C=O) groups is 2. The molecule has 2 aliphatic rings. The molecule has 9 heteroatoms. The molecule has 1 aliphatic carbocycles. The summed E-state index contributed by atoms with van der Waals surface area (Å²) >= 11 is 0. The number of hydrogen-bond donors (Lipinski definition) is 2. The zero-order chi connectivity index (χ0) is 25.2. The quantitative estimate of drug-likeness (QED) is 0.452. The monoisotopic (exact) mass is 488 g/mol. The number of carbonyl (C=O) groups excluding carboxylic acids is 1. The van der Waals surface area contributed by atoms with E-state index in [0.29, 0.717) is 42.5 Å². The Morgan fingerprint density at radius 2 is 1.75 bits per heavy atom. The Hall–Kier alpha value is -4.14. The summed E-state index contributed by atoms with van der Waals surface area (Å²) < 4.78 is 10.8. The number of carboxylic acids is 1. The summed E-state index contributed by atoms with van der Waals surface area (Å²) in [7, 11) is 3.21. The molecule has 0 amide bonds. The van der Waals surface area contributed by atoms with Crippen LogP contribution in [0.25, 0.3) is 0 Å². The Labute approximate surface area is 209 Å². The van der Waals surface area contributed by atoms with Crippen molar-refractivity contribution >= 4 is 29.2 Å². The highest BCUT2D eigenvalue weighted by Crippen LogP contribution is 2.35. The van der Waals surface area contributed by atoms with Gasteiger partial charge in [-0.1, -0.05) is 12.1 Å². The number of hydrogen-bond acceptors (Lipinski definition) is 8. The lowest BCUT2D eigenvalue weighted by Gasteiger charge is -2.20. The van der Waals surface area contributed by atoms with Crippen LogP contribution in [0.3, 0.4) is 0 Å². The lowest BCUT2D eigenvalue weighted by molar-refractivity contribution is 0.0696. The second-order valence-corrected chi connectivity index (χ2v) is 9.02. The number of Topliss-reactive ketones (excluding diaryl/α,β-unsaturated/α-hetero) is 1. The molecule has 1 unspecified atom stereocenters. The Morgan fingerprint density at radius 1 is 1.00 bits per heavy atom. The second-order valence-electron chi connectivity index (χ2n) is 9.02. The molecule has 1 aromatic heterocycles. The highest BCUT2D eigenvalue weighted by Gasteiger charge is 2.32. The molecule has 9 nitrogen and oxygen atoms in total. The van der Waals surface area contributed by atoms with E-state index >= 15 is 0 Å². The van der Waals surface area contributed by atoms with Crippen LogP contribution in [0.15, 0.2) is 42.5 Å². The van der Waals surface area contributed by atoms with Gasteiger partial charge in [-0.25, -0.2) is 9.78 Å². The SMILES string of the molecule is COc1ccc(Nc2nc(N3CCC(C(=O)c4ccc(C(=O)O)cc4)C3)nc3c2CCC3)cc1OC. The average molecular weight is 489 g/mol. The fraction of sp³-hybridized carbons (Fsp3) is 0.333. The van der Waals surface area contributed by atoms with Crippen molar-refractivity contribution in [1.29, 1.82) is 0 Å². The van der Waals surface area contributed by atoms with Crippen LogP contribution in [0.5, 0.6) is 11.5 Å². The number of aryl methyl sites for hydroxylation is 1. The van der Waals surface area contributed by atoms with Gasteiger partial charge in [0.2, 0.25) is 5.95 Å². The number of nitrogens with one attached hydrogen (secondary N) is 1. The number of fused-ring (bicyclic) bond motifs is 1. The summed E-state index contributed by atoms with van der Waals surface area (Å²) in [6.07, 6.45) is 3.54. The van der Waals surface area contributed by atoms with Crippen molar-refractivity contribution in [3.8, 4) is 11.5 Å². The van der Waals surface area contributed by atoms with Crippen molar-refractivity contribution < 1.29 is 24.2 Å². The zero-order valence-electron chi connectivity index (χ0n) is 20.3. The summed E-state index contributed by atoms with van der Waals surface area (Å²) in [6, 6.07) is 11.8. The van der Waals surface area contributed by atoms with E-state index in [-0.39, 0.29) is 17.3 Å². The fourth-order valence-corrected chi connectivity index (χ4v) is 4.88. The highest BCUT2D eigenvalue weighted by molar-refractivity contribution is 5.99. The van der Waals surface area contributed by atoms with Crippen molar-refractivity contribution in [3.05, 3.63) is 64.8 Å². The van der Waals surface area contributed by atoms with Gasteiger partial charge in [-0.3, -0.25) is 4.79 Å². The summed E-state index contributed by atoms with van der Waals surface area (Å²) in [6.45, 7) is 1.20. The van der Waals surface area contributed by atoms with E-state index in [0.717, 1.165) is 42.0 Å². The standard InChI is InChI=1S/C27H28N4O5/c1-35-22-11-10-19(14-23(22)36-2)28-25-20-4-3-5-21(20)29-27(30-25)31-13-12-18(15-31)24(32)16-6-8-17(9-7-16)26(33)34/h6-11,14,18H,3-5,12-13,15H2,1-2H3,(H,33,34)(H,28,29,30). The number of aromatic nitrogens is 2. The van der Waals surface area contributed by atoms with Gasteiger partial charge in [-0.05, 0) is 49.9 Å². The minimum Gasteiger partial charge on any atom is -0.493 e. The summed E-state index contributed by atoms with van der Waals surface area (Å²) in [5, 5.41) is 12.5. The predicted molar refractivity (Wildman–Crippen MR) is 135 cm³/mol. The number of aromatic carboxylic acids is 1. The van der Waals surface area contributed by atoms with Gasteiger partial charge in [0, 0.05) is 41.9 Å². The Balaban J connectivity index is 1.36. The lowest BCUT2D eigenvalue weighted by Crippen LogP contribution is -2.25. The molecule has 0 bridgehead atoms. The number of ether oxygens (including phenoxy) is 2. The van der Waals surface area contributed by atoms with E-state index < -0.39 is 5.97 Å². The smallest absolute Gasteiger partial charge is 0.335 e. The lowest BCUT2D eigenvalue weighted by atomic mass is 9.96. The van der Waals surface area contributed by atoms with Gasteiger partial charge >= 0.3 is 5.97 Å². The molecular weight excluding hydrogens is 460 g/mol. The van der Waals surface area contributed by atoms with Gasteiger partial charge in [0.05, 0.1) is 25.5 Å². The fourth-order valence-electron chi connectivity index (χ4n) is 4.88. The zero-order valence-corrected chi connectivity index (χ0v) is 20.3. The Bertz CT molecular complexity index is 1310. The van der Waals surface area contributed by atoms with Crippen LogP contribution >= 0.6 is 0 Å². The van der Waals surface area contributed by atoms with Crippen LogP contribution in [-0.2, 0) is 12.8 Å². The number of methoxy groups -OCH3 is 2. The Morgan fingerprint density at radius 3 is 2.47 bits per heavy atom.